The lowest BCUT2D eigenvalue weighted by Crippen LogP contribution is -1.99. The van der Waals surface area contributed by atoms with Crippen molar-refractivity contribution in [1.82, 2.24) is 0 Å². The van der Waals surface area contributed by atoms with Gasteiger partial charge in [-0.25, -0.2) is 0 Å². The molecule has 0 bridgehead atoms. The molecule has 0 spiro atoms. The van der Waals surface area contributed by atoms with Gasteiger partial charge in [0, 0.05) is 18.6 Å². The first kappa shape index (κ1) is 12.2. The summed E-state index contributed by atoms with van der Waals surface area (Å²) in [6.45, 7) is 0.528. The summed E-state index contributed by atoms with van der Waals surface area (Å²) in [7, 11) is 0. The van der Waals surface area contributed by atoms with Crippen molar-refractivity contribution < 1.29 is 10.2 Å². The zero-order valence-electron chi connectivity index (χ0n) is 7.51. The van der Waals surface area contributed by atoms with Crippen LogP contribution in [0.5, 0.6) is 0 Å². The maximum atomic E-state index is 8.52. The van der Waals surface area contributed by atoms with Crippen LogP contribution in [0.25, 0.3) is 0 Å². The summed E-state index contributed by atoms with van der Waals surface area (Å²) < 4.78 is 0. The molecule has 0 aliphatic rings. The highest BCUT2D eigenvalue weighted by Gasteiger charge is 2.02. The van der Waals surface area contributed by atoms with Crippen LogP contribution < -0.4 is 0 Å². The number of halogens is 1. The number of aliphatic hydroxyl groups is 2. The van der Waals surface area contributed by atoms with Crippen molar-refractivity contribution in [1.29, 1.82) is 0 Å². The van der Waals surface area contributed by atoms with Gasteiger partial charge in [0.2, 0.25) is 0 Å². The Labute approximate surface area is 79.6 Å². The Bertz CT molecular complexity index is 78.6. The van der Waals surface area contributed by atoms with Crippen LogP contribution in [0, 0.1) is 0 Å². The molecule has 2 nitrogen and oxygen atoms in total. The zero-order chi connectivity index (χ0) is 9.23. The topological polar surface area (TPSA) is 40.5 Å². The summed E-state index contributed by atoms with van der Waals surface area (Å²) in [6, 6.07) is 0. The lowest BCUT2D eigenvalue weighted by molar-refractivity contribution is 0.278. The van der Waals surface area contributed by atoms with Gasteiger partial charge in [-0.15, -0.1) is 11.6 Å². The van der Waals surface area contributed by atoms with E-state index in [1.54, 1.807) is 0 Å². The molecule has 2 N–H and O–H groups in total. The third-order valence-electron chi connectivity index (χ3n) is 1.85. The summed E-state index contributed by atoms with van der Waals surface area (Å²) in [5.74, 6) is 0. The molecule has 12 heavy (non-hydrogen) atoms. The molecule has 0 aromatic rings. The predicted octanol–water partition coefficient (Wildman–Crippen LogP) is 1.92. The second-order valence-corrected chi connectivity index (χ2v) is 3.65. The molecule has 0 aliphatic heterocycles. The van der Waals surface area contributed by atoms with Crippen molar-refractivity contribution in [2.45, 2.75) is 43.9 Å². The van der Waals surface area contributed by atoms with Crippen molar-refractivity contribution in [3.8, 4) is 0 Å². The number of unbranched alkanes of at least 4 members (excludes halogenated alkanes) is 2. The maximum Gasteiger partial charge on any atom is 0.0431 e. The molecule has 0 heterocycles. The molecule has 0 radical (unpaired) electrons. The van der Waals surface area contributed by atoms with E-state index in [0.717, 1.165) is 38.5 Å². The number of aliphatic hydroxyl groups excluding tert-OH is 2. The zero-order valence-corrected chi connectivity index (χ0v) is 8.26. The van der Waals surface area contributed by atoms with E-state index in [-0.39, 0.29) is 18.6 Å². The minimum absolute atomic E-state index is 0.225. The first-order chi connectivity index (χ1) is 5.81. The monoisotopic (exact) mass is 194 g/mol. The molecule has 0 amide bonds. The molecular weight excluding hydrogens is 176 g/mol. The van der Waals surface area contributed by atoms with Crippen LogP contribution in [0.3, 0.4) is 0 Å². The Balaban J connectivity index is 3.04. The van der Waals surface area contributed by atoms with Crippen molar-refractivity contribution in [3.05, 3.63) is 0 Å². The van der Waals surface area contributed by atoms with Gasteiger partial charge >= 0.3 is 0 Å². The lowest BCUT2D eigenvalue weighted by Gasteiger charge is -2.07. The van der Waals surface area contributed by atoms with E-state index in [1.165, 1.54) is 0 Å². The van der Waals surface area contributed by atoms with Crippen LogP contribution in [-0.4, -0.2) is 28.8 Å². The minimum atomic E-state index is 0.225. The second-order valence-electron chi connectivity index (χ2n) is 3.04. The Morgan fingerprint density at radius 3 is 1.58 bits per heavy atom. The SMILES string of the molecule is OCCCCC(Cl)CCCCO. The molecule has 0 saturated carbocycles. The fraction of sp³-hybridized carbons (Fsp3) is 1.00. The van der Waals surface area contributed by atoms with Gasteiger partial charge in [0.15, 0.2) is 0 Å². The van der Waals surface area contributed by atoms with Crippen LogP contribution in [0.1, 0.15) is 38.5 Å². The van der Waals surface area contributed by atoms with Crippen LogP contribution in [-0.2, 0) is 0 Å². The van der Waals surface area contributed by atoms with E-state index in [0.29, 0.717) is 0 Å². The van der Waals surface area contributed by atoms with E-state index >= 15 is 0 Å². The van der Waals surface area contributed by atoms with Crippen molar-refractivity contribution in [3.63, 3.8) is 0 Å². The first-order valence-electron chi connectivity index (χ1n) is 4.67. The fourth-order valence-corrected chi connectivity index (χ4v) is 1.41. The number of hydrogen-bond donors (Lipinski definition) is 2. The van der Waals surface area contributed by atoms with Gasteiger partial charge in [-0.1, -0.05) is 0 Å². The number of alkyl halides is 1. The molecule has 0 unspecified atom stereocenters. The standard InChI is InChI=1S/C9H19ClO2/c10-9(5-1-3-7-11)6-2-4-8-12/h9,11-12H,1-8H2. The normalized spacial score (nSPS) is 11.0. The quantitative estimate of drug-likeness (QED) is 0.458. The lowest BCUT2D eigenvalue weighted by atomic mass is 10.1. The van der Waals surface area contributed by atoms with Crippen LogP contribution >= 0.6 is 11.6 Å². The van der Waals surface area contributed by atoms with Crippen molar-refractivity contribution in [2.24, 2.45) is 0 Å². The molecule has 0 rings (SSSR count). The van der Waals surface area contributed by atoms with Gasteiger partial charge in [-0.3, -0.25) is 0 Å². The molecule has 0 aromatic heterocycles. The predicted molar refractivity (Wildman–Crippen MR) is 51.5 cm³/mol. The Kier molecular flexibility index (Phi) is 9.46. The summed E-state index contributed by atoms with van der Waals surface area (Å²) in [5, 5.41) is 17.3. The van der Waals surface area contributed by atoms with E-state index < -0.39 is 0 Å². The molecule has 0 saturated heterocycles. The highest BCUT2D eigenvalue weighted by atomic mass is 35.5. The molecule has 0 aliphatic carbocycles. The molecule has 74 valence electrons. The minimum Gasteiger partial charge on any atom is -0.396 e. The van der Waals surface area contributed by atoms with Gasteiger partial charge in [-0.05, 0) is 38.5 Å². The smallest absolute Gasteiger partial charge is 0.0431 e. The van der Waals surface area contributed by atoms with E-state index in [9.17, 15) is 0 Å². The fourth-order valence-electron chi connectivity index (χ4n) is 1.10. The Morgan fingerprint density at radius 1 is 0.833 bits per heavy atom. The van der Waals surface area contributed by atoms with Gasteiger partial charge in [0.05, 0.1) is 0 Å². The van der Waals surface area contributed by atoms with Crippen molar-refractivity contribution >= 4 is 11.6 Å². The third kappa shape index (κ3) is 8.31. The molecule has 0 atom stereocenters. The Morgan fingerprint density at radius 2 is 1.25 bits per heavy atom. The highest BCUT2D eigenvalue weighted by molar-refractivity contribution is 6.20. The average Bonchev–Trinajstić information content (AvgIpc) is 2.06. The maximum absolute atomic E-state index is 8.52. The van der Waals surface area contributed by atoms with Crippen molar-refractivity contribution in [2.75, 3.05) is 13.2 Å². The average molecular weight is 195 g/mol. The summed E-state index contributed by atoms with van der Waals surface area (Å²) in [4.78, 5) is 0. The van der Waals surface area contributed by atoms with Gasteiger partial charge in [-0.2, -0.15) is 0 Å². The third-order valence-corrected chi connectivity index (χ3v) is 2.29. The largest absolute Gasteiger partial charge is 0.396 e. The first-order valence-corrected chi connectivity index (χ1v) is 5.10. The van der Waals surface area contributed by atoms with Crippen LogP contribution in [0.4, 0.5) is 0 Å². The van der Waals surface area contributed by atoms with Crippen LogP contribution in [0.2, 0.25) is 0 Å². The molecule has 0 aromatic carbocycles. The van der Waals surface area contributed by atoms with Gasteiger partial charge < -0.3 is 10.2 Å². The van der Waals surface area contributed by atoms with Gasteiger partial charge in [0.1, 0.15) is 0 Å². The summed E-state index contributed by atoms with van der Waals surface area (Å²) >= 11 is 5.99. The number of rotatable bonds is 8. The molecule has 0 fully saturated rings. The van der Waals surface area contributed by atoms with Crippen LogP contribution in [0.15, 0.2) is 0 Å². The van der Waals surface area contributed by atoms with E-state index in [1.807, 2.05) is 0 Å². The van der Waals surface area contributed by atoms with E-state index in [2.05, 4.69) is 0 Å². The molecular formula is C9H19ClO2. The van der Waals surface area contributed by atoms with Gasteiger partial charge in [0.25, 0.3) is 0 Å². The summed E-state index contributed by atoms with van der Waals surface area (Å²) in [6.07, 6.45) is 5.67. The number of hydrogen-bond acceptors (Lipinski definition) is 2. The summed E-state index contributed by atoms with van der Waals surface area (Å²) in [5.41, 5.74) is 0. The van der Waals surface area contributed by atoms with E-state index in [4.69, 9.17) is 21.8 Å². The second kappa shape index (κ2) is 9.30. The molecule has 3 heteroatoms. The Hall–Kier alpha value is 0.210. The highest BCUT2D eigenvalue weighted by Crippen LogP contribution is 2.14.